The number of aromatic nitrogens is 3. The highest BCUT2D eigenvalue weighted by Crippen LogP contribution is 2.29. The van der Waals surface area contributed by atoms with Crippen LogP contribution in [0.25, 0.3) is 0 Å². The minimum absolute atomic E-state index is 0.0886. The van der Waals surface area contributed by atoms with E-state index in [1.807, 2.05) is 17.9 Å². The number of hydrogen-bond donors (Lipinski definition) is 1. The number of hydrogen-bond acceptors (Lipinski definition) is 3. The van der Waals surface area contributed by atoms with Crippen LogP contribution in [-0.2, 0) is 6.54 Å². The third-order valence-corrected chi connectivity index (χ3v) is 4.33. The van der Waals surface area contributed by atoms with Gasteiger partial charge in [-0.1, -0.05) is 28.1 Å². The fraction of sp³-hybridized carbons (Fsp3) is 0.385. The molecule has 6 heteroatoms. The Morgan fingerprint density at radius 3 is 2.95 bits per heavy atom. The van der Waals surface area contributed by atoms with E-state index in [4.69, 9.17) is 0 Å². The first-order chi connectivity index (χ1) is 9.17. The van der Waals surface area contributed by atoms with Gasteiger partial charge in [0.15, 0.2) is 0 Å². The second-order valence-electron chi connectivity index (χ2n) is 4.27. The van der Waals surface area contributed by atoms with Gasteiger partial charge in [-0.25, -0.2) is 4.68 Å². The van der Waals surface area contributed by atoms with Gasteiger partial charge in [0.2, 0.25) is 0 Å². The number of aryl methyl sites for hydroxylation is 1. The average Bonchev–Trinajstić information content (AvgIpc) is 2.83. The number of nitrogens with one attached hydrogen (secondary N) is 1. The summed E-state index contributed by atoms with van der Waals surface area (Å²) in [6, 6.07) is 6.43. The van der Waals surface area contributed by atoms with E-state index in [9.17, 15) is 0 Å². The van der Waals surface area contributed by atoms with Crippen LogP contribution in [0.15, 0.2) is 28.9 Å². The van der Waals surface area contributed by atoms with Crippen LogP contribution in [0.3, 0.4) is 0 Å². The summed E-state index contributed by atoms with van der Waals surface area (Å²) in [5.74, 6) is 0. The molecule has 1 aromatic heterocycles. The normalized spacial score (nSPS) is 12.6. The maximum atomic E-state index is 4.16. The molecule has 2 aromatic rings. The average molecular weight is 435 g/mol. The standard InChI is InChI=1S/C13H16BrIN4/c1-3-6-19-12(8-17-18-19)13(16-2)10-7-9(15)4-5-11(10)14/h4-5,7-8,13,16H,3,6H2,1-2H3. The lowest BCUT2D eigenvalue weighted by atomic mass is 10.0. The van der Waals surface area contributed by atoms with Gasteiger partial charge in [-0.3, -0.25) is 0 Å². The molecule has 0 radical (unpaired) electrons. The van der Waals surface area contributed by atoms with Gasteiger partial charge in [0.1, 0.15) is 0 Å². The maximum absolute atomic E-state index is 4.16. The molecule has 0 spiro atoms. The molecule has 0 saturated heterocycles. The molecule has 0 aliphatic rings. The fourth-order valence-electron chi connectivity index (χ4n) is 2.07. The smallest absolute Gasteiger partial charge is 0.0802 e. The minimum atomic E-state index is 0.0886. The zero-order valence-electron chi connectivity index (χ0n) is 10.9. The van der Waals surface area contributed by atoms with Crippen LogP contribution >= 0.6 is 38.5 Å². The van der Waals surface area contributed by atoms with E-state index in [2.05, 4.69) is 79.3 Å². The van der Waals surface area contributed by atoms with Crippen LogP contribution in [0.1, 0.15) is 30.6 Å². The van der Waals surface area contributed by atoms with Gasteiger partial charge in [0.05, 0.1) is 17.9 Å². The van der Waals surface area contributed by atoms with Gasteiger partial charge in [-0.2, -0.15) is 0 Å². The van der Waals surface area contributed by atoms with Crippen LogP contribution < -0.4 is 5.32 Å². The molecule has 0 aliphatic carbocycles. The Bertz CT molecular complexity index is 555. The number of nitrogens with zero attached hydrogens (tertiary/aromatic N) is 3. The van der Waals surface area contributed by atoms with Crippen LogP contribution in [0.2, 0.25) is 0 Å². The maximum Gasteiger partial charge on any atom is 0.0802 e. The van der Waals surface area contributed by atoms with E-state index >= 15 is 0 Å². The zero-order valence-corrected chi connectivity index (χ0v) is 14.6. The summed E-state index contributed by atoms with van der Waals surface area (Å²) in [5, 5.41) is 11.6. The van der Waals surface area contributed by atoms with Crippen molar-refractivity contribution >= 4 is 38.5 Å². The first kappa shape index (κ1) is 14.9. The number of rotatable bonds is 5. The van der Waals surface area contributed by atoms with E-state index < -0.39 is 0 Å². The lowest BCUT2D eigenvalue weighted by Gasteiger charge is -2.19. The minimum Gasteiger partial charge on any atom is -0.308 e. The molecule has 0 fully saturated rings. The van der Waals surface area contributed by atoms with E-state index in [1.165, 1.54) is 9.13 Å². The third-order valence-electron chi connectivity index (χ3n) is 2.94. The molecule has 1 heterocycles. The van der Waals surface area contributed by atoms with E-state index in [0.29, 0.717) is 0 Å². The zero-order chi connectivity index (χ0) is 13.8. The molecule has 102 valence electrons. The summed E-state index contributed by atoms with van der Waals surface area (Å²) in [6.45, 7) is 3.02. The first-order valence-corrected chi connectivity index (χ1v) is 8.05. The Morgan fingerprint density at radius 1 is 1.47 bits per heavy atom. The second kappa shape index (κ2) is 6.81. The summed E-state index contributed by atoms with van der Waals surface area (Å²) in [6.07, 6.45) is 2.88. The van der Waals surface area contributed by atoms with Crippen molar-refractivity contribution in [3.8, 4) is 0 Å². The van der Waals surface area contributed by atoms with Crippen molar-refractivity contribution in [3.05, 3.63) is 43.7 Å². The van der Waals surface area contributed by atoms with Crippen molar-refractivity contribution < 1.29 is 0 Å². The molecule has 1 atom stereocenters. The Morgan fingerprint density at radius 2 is 2.26 bits per heavy atom. The topological polar surface area (TPSA) is 42.7 Å². The quantitative estimate of drug-likeness (QED) is 0.733. The Kier molecular flexibility index (Phi) is 5.35. The largest absolute Gasteiger partial charge is 0.308 e. The van der Waals surface area contributed by atoms with E-state index in [0.717, 1.165) is 23.1 Å². The molecule has 0 bridgehead atoms. The van der Waals surface area contributed by atoms with Crippen LogP contribution in [-0.4, -0.2) is 22.0 Å². The molecule has 1 aromatic carbocycles. The number of halogens is 2. The van der Waals surface area contributed by atoms with Gasteiger partial charge in [-0.15, -0.1) is 5.10 Å². The molecule has 0 aliphatic heterocycles. The van der Waals surface area contributed by atoms with E-state index in [-0.39, 0.29) is 6.04 Å². The van der Waals surface area contributed by atoms with Gasteiger partial charge in [-0.05, 0) is 59.8 Å². The molecular formula is C13H16BrIN4. The molecule has 0 saturated carbocycles. The summed E-state index contributed by atoms with van der Waals surface area (Å²) < 4.78 is 4.27. The highest BCUT2D eigenvalue weighted by molar-refractivity contribution is 14.1. The van der Waals surface area contributed by atoms with Gasteiger partial charge < -0.3 is 5.32 Å². The molecule has 1 unspecified atom stereocenters. The van der Waals surface area contributed by atoms with Crippen molar-refractivity contribution in [1.82, 2.24) is 20.3 Å². The van der Waals surface area contributed by atoms with Crippen LogP contribution in [0.4, 0.5) is 0 Å². The molecule has 2 rings (SSSR count). The molecule has 4 nitrogen and oxygen atoms in total. The summed E-state index contributed by atoms with van der Waals surface area (Å²) in [5.41, 5.74) is 2.29. The van der Waals surface area contributed by atoms with Crippen molar-refractivity contribution in [2.75, 3.05) is 7.05 Å². The van der Waals surface area contributed by atoms with Crippen molar-refractivity contribution in [1.29, 1.82) is 0 Å². The van der Waals surface area contributed by atoms with Crippen molar-refractivity contribution in [3.63, 3.8) is 0 Å². The SMILES string of the molecule is CCCn1nncc1C(NC)c1cc(I)ccc1Br. The summed E-state index contributed by atoms with van der Waals surface area (Å²) in [7, 11) is 1.96. The van der Waals surface area contributed by atoms with Crippen molar-refractivity contribution in [2.45, 2.75) is 25.9 Å². The Labute approximate surface area is 135 Å². The summed E-state index contributed by atoms with van der Waals surface area (Å²) >= 11 is 5.96. The highest BCUT2D eigenvalue weighted by Gasteiger charge is 2.19. The molecule has 0 amide bonds. The highest BCUT2D eigenvalue weighted by atomic mass is 127. The van der Waals surface area contributed by atoms with E-state index in [1.54, 1.807) is 0 Å². The Hall–Kier alpha value is -0.470. The predicted octanol–water partition coefficient (Wildman–Crippen LogP) is 3.36. The molecule has 19 heavy (non-hydrogen) atoms. The third kappa shape index (κ3) is 3.35. The fourth-order valence-corrected chi connectivity index (χ4v) is 3.06. The first-order valence-electron chi connectivity index (χ1n) is 6.18. The lowest BCUT2D eigenvalue weighted by Crippen LogP contribution is -2.22. The van der Waals surface area contributed by atoms with Gasteiger partial charge in [0.25, 0.3) is 0 Å². The van der Waals surface area contributed by atoms with Crippen LogP contribution in [0, 0.1) is 3.57 Å². The van der Waals surface area contributed by atoms with Gasteiger partial charge in [0, 0.05) is 14.6 Å². The second-order valence-corrected chi connectivity index (χ2v) is 6.37. The predicted molar refractivity (Wildman–Crippen MR) is 88.1 cm³/mol. The monoisotopic (exact) mass is 434 g/mol. The molecular weight excluding hydrogens is 419 g/mol. The van der Waals surface area contributed by atoms with Gasteiger partial charge >= 0.3 is 0 Å². The van der Waals surface area contributed by atoms with Crippen LogP contribution in [0.5, 0.6) is 0 Å². The van der Waals surface area contributed by atoms with Crippen molar-refractivity contribution in [2.24, 2.45) is 0 Å². The lowest BCUT2D eigenvalue weighted by molar-refractivity contribution is 0.522. The molecule has 1 N–H and O–H groups in total. The Balaban J connectivity index is 2.44. The summed E-state index contributed by atoms with van der Waals surface area (Å²) in [4.78, 5) is 0. The number of benzene rings is 1.